The third-order valence-electron chi connectivity index (χ3n) is 3.55. The summed E-state index contributed by atoms with van der Waals surface area (Å²) in [7, 11) is -3.55. The summed E-state index contributed by atoms with van der Waals surface area (Å²) in [6.45, 7) is 0.160. The van der Waals surface area contributed by atoms with Crippen LogP contribution in [-0.4, -0.2) is 18.4 Å². The number of aromatic nitrogens is 2. The molecule has 1 N–H and O–H groups in total. The topological polar surface area (TPSA) is 72.0 Å². The number of rotatable bonds is 6. The highest BCUT2D eigenvalue weighted by molar-refractivity contribution is 7.92. The zero-order valence-electron chi connectivity index (χ0n) is 13.4. The summed E-state index contributed by atoms with van der Waals surface area (Å²) in [5.41, 5.74) is 3.25. The normalized spacial score (nSPS) is 11.7. The fourth-order valence-corrected chi connectivity index (χ4v) is 3.10. The van der Waals surface area contributed by atoms with Crippen LogP contribution in [0.1, 0.15) is 11.1 Å². The van der Waals surface area contributed by atoms with Gasteiger partial charge in [-0.15, -0.1) is 0 Å². The highest BCUT2D eigenvalue weighted by Crippen LogP contribution is 2.20. The minimum Gasteiger partial charge on any atom is -0.265 e. The molecular formula is C19H17N3O2S. The first-order valence-electron chi connectivity index (χ1n) is 7.71. The molecule has 0 unspecified atom stereocenters. The lowest BCUT2D eigenvalue weighted by Gasteiger charge is -2.09. The molecule has 0 bridgehead atoms. The van der Waals surface area contributed by atoms with Crippen LogP contribution in [0.2, 0.25) is 0 Å². The van der Waals surface area contributed by atoms with Gasteiger partial charge in [-0.1, -0.05) is 36.4 Å². The van der Waals surface area contributed by atoms with Gasteiger partial charge in [0.05, 0.1) is 5.69 Å². The number of nitrogens with zero attached hydrogens (tertiary/aromatic N) is 2. The molecule has 0 radical (unpaired) electrons. The van der Waals surface area contributed by atoms with E-state index in [-0.39, 0.29) is 6.54 Å². The number of hydrogen-bond acceptors (Lipinski definition) is 4. The highest BCUT2D eigenvalue weighted by Gasteiger charge is 2.10. The van der Waals surface area contributed by atoms with E-state index in [2.05, 4.69) is 14.7 Å². The van der Waals surface area contributed by atoms with Crippen LogP contribution in [0.15, 0.2) is 78.6 Å². The molecule has 0 spiro atoms. The van der Waals surface area contributed by atoms with Crippen molar-refractivity contribution in [2.75, 3.05) is 0 Å². The van der Waals surface area contributed by atoms with Crippen molar-refractivity contribution in [2.45, 2.75) is 6.54 Å². The summed E-state index contributed by atoms with van der Waals surface area (Å²) in [6.07, 6.45) is 6.61. The molecule has 25 heavy (non-hydrogen) atoms. The van der Waals surface area contributed by atoms with E-state index < -0.39 is 10.0 Å². The predicted molar refractivity (Wildman–Crippen MR) is 98.7 cm³/mol. The molecule has 1 aromatic carbocycles. The lowest BCUT2D eigenvalue weighted by atomic mass is 10.1. The average molecular weight is 351 g/mol. The Bertz CT molecular complexity index is 956. The van der Waals surface area contributed by atoms with Crippen LogP contribution < -0.4 is 4.72 Å². The van der Waals surface area contributed by atoms with E-state index in [4.69, 9.17) is 0 Å². The number of nitrogens with one attached hydrogen (secondary N) is 1. The molecule has 3 rings (SSSR count). The minimum atomic E-state index is -3.55. The minimum absolute atomic E-state index is 0.160. The summed E-state index contributed by atoms with van der Waals surface area (Å²) < 4.78 is 27.0. The van der Waals surface area contributed by atoms with Crippen molar-refractivity contribution >= 4 is 16.1 Å². The van der Waals surface area contributed by atoms with E-state index in [1.165, 1.54) is 5.41 Å². The van der Waals surface area contributed by atoms with Crippen LogP contribution in [0.3, 0.4) is 0 Å². The van der Waals surface area contributed by atoms with Crippen molar-refractivity contribution in [2.24, 2.45) is 0 Å². The summed E-state index contributed by atoms with van der Waals surface area (Å²) in [5.74, 6) is 0. The monoisotopic (exact) mass is 351 g/mol. The molecule has 126 valence electrons. The molecule has 0 saturated heterocycles. The van der Waals surface area contributed by atoms with E-state index in [0.717, 1.165) is 22.4 Å². The third-order valence-corrected chi connectivity index (χ3v) is 4.59. The van der Waals surface area contributed by atoms with Gasteiger partial charge in [0.1, 0.15) is 0 Å². The van der Waals surface area contributed by atoms with Gasteiger partial charge < -0.3 is 0 Å². The molecule has 0 saturated carbocycles. The second-order valence-electron chi connectivity index (χ2n) is 5.33. The van der Waals surface area contributed by atoms with Gasteiger partial charge in [0.25, 0.3) is 0 Å². The standard InChI is InChI=1S/C19H17N3O2S/c23-25(24,14-10-16-5-2-1-3-6-16)22-15-18-7-4-11-21-19(18)17-8-12-20-13-9-17/h1-14,22H,15H2/b14-10+. The quantitative estimate of drug-likeness (QED) is 0.740. The molecule has 0 amide bonds. The first-order valence-corrected chi connectivity index (χ1v) is 9.26. The van der Waals surface area contributed by atoms with Crippen LogP contribution in [0.4, 0.5) is 0 Å². The van der Waals surface area contributed by atoms with Gasteiger partial charge in [-0.3, -0.25) is 9.97 Å². The third kappa shape index (κ3) is 4.82. The molecule has 0 fully saturated rings. The van der Waals surface area contributed by atoms with Gasteiger partial charge in [0, 0.05) is 36.1 Å². The lowest BCUT2D eigenvalue weighted by Crippen LogP contribution is -2.21. The Morgan fingerprint density at radius 1 is 0.920 bits per heavy atom. The van der Waals surface area contributed by atoms with Crippen molar-refractivity contribution in [3.05, 3.63) is 89.7 Å². The molecule has 0 atom stereocenters. The molecule has 2 heterocycles. The van der Waals surface area contributed by atoms with Gasteiger partial charge in [-0.25, -0.2) is 13.1 Å². The zero-order valence-corrected chi connectivity index (χ0v) is 14.2. The number of pyridine rings is 2. The van der Waals surface area contributed by atoms with Gasteiger partial charge in [0.15, 0.2) is 0 Å². The number of sulfonamides is 1. The molecule has 6 heteroatoms. The number of hydrogen-bond donors (Lipinski definition) is 1. The second kappa shape index (κ2) is 7.83. The Balaban J connectivity index is 1.75. The van der Waals surface area contributed by atoms with Crippen LogP contribution in [0.5, 0.6) is 0 Å². The largest absolute Gasteiger partial charge is 0.265 e. The molecule has 5 nitrogen and oxygen atoms in total. The lowest BCUT2D eigenvalue weighted by molar-refractivity contribution is 0.591. The van der Waals surface area contributed by atoms with Crippen molar-refractivity contribution < 1.29 is 8.42 Å². The first-order chi connectivity index (χ1) is 12.1. The van der Waals surface area contributed by atoms with Crippen LogP contribution in [-0.2, 0) is 16.6 Å². The van der Waals surface area contributed by atoms with E-state index >= 15 is 0 Å². The molecular weight excluding hydrogens is 334 g/mol. The summed E-state index contributed by atoms with van der Waals surface area (Å²) in [6, 6.07) is 16.6. The Hall–Kier alpha value is -2.83. The fraction of sp³-hybridized carbons (Fsp3) is 0.0526. The molecule has 2 aromatic heterocycles. The highest BCUT2D eigenvalue weighted by atomic mass is 32.2. The Morgan fingerprint density at radius 2 is 1.68 bits per heavy atom. The first kappa shape index (κ1) is 17.0. The maximum Gasteiger partial charge on any atom is 0.234 e. The Morgan fingerprint density at radius 3 is 2.44 bits per heavy atom. The van der Waals surface area contributed by atoms with E-state index in [1.54, 1.807) is 30.7 Å². The molecule has 0 aliphatic carbocycles. The molecule has 0 aliphatic heterocycles. The summed E-state index contributed by atoms with van der Waals surface area (Å²) in [5, 5.41) is 1.17. The molecule has 0 aliphatic rings. The average Bonchev–Trinajstić information content (AvgIpc) is 2.67. The smallest absolute Gasteiger partial charge is 0.234 e. The van der Waals surface area contributed by atoms with Crippen molar-refractivity contribution in [3.63, 3.8) is 0 Å². The van der Waals surface area contributed by atoms with Crippen LogP contribution >= 0.6 is 0 Å². The SMILES string of the molecule is O=S(=O)(/C=C/c1ccccc1)NCc1cccnc1-c1ccncc1. The summed E-state index contributed by atoms with van der Waals surface area (Å²) >= 11 is 0. The van der Waals surface area contributed by atoms with E-state index in [9.17, 15) is 8.42 Å². The maximum absolute atomic E-state index is 12.2. The van der Waals surface area contributed by atoms with E-state index in [0.29, 0.717) is 0 Å². The van der Waals surface area contributed by atoms with Crippen molar-refractivity contribution in [3.8, 4) is 11.3 Å². The van der Waals surface area contributed by atoms with Gasteiger partial charge in [0.2, 0.25) is 10.0 Å². The van der Waals surface area contributed by atoms with Gasteiger partial charge in [-0.2, -0.15) is 0 Å². The predicted octanol–water partition coefficient (Wildman–Crippen LogP) is 3.23. The van der Waals surface area contributed by atoms with Crippen molar-refractivity contribution in [1.29, 1.82) is 0 Å². The Labute approximate surface area is 147 Å². The molecule has 3 aromatic rings. The van der Waals surface area contributed by atoms with E-state index in [1.807, 2.05) is 48.5 Å². The van der Waals surface area contributed by atoms with Crippen LogP contribution in [0.25, 0.3) is 17.3 Å². The maximum atomic E-state index is 12.2. The fourth-order valence-electron chi connectivity index (χ4n) is 2.31. The van der Waals surface area contributed by atoms with Gasteiger partial charge >= 0.3 is 0 Å². The van der Waals surface area contributed by atoms with Gasteiger partial charge in [-0.05, 0) is 35.4 Å². The zero-order chi connectivity index (χ0) is 17.5. The van der Waals surface area contributed by atoms with Crippen LogP contribution in [0, 0.1) is 0 Å². The summed E-state index contributed by atoms with van der Waals surface area (Å²) in [4.78, 5) is 8.35. The van der Waals surface area contributed by atoms with Crippen molar-refractivity contribution in [1.82, 2.24) is 14.7 Å². The number of benzene rings is 1. The Kier molecular flexibility index (Phi) is 5.33. The second-order valence-corrected chi connectivity index (χ2v) is 6.98.